The van der Waals surface area contributed by atoms with E-state index in [2.05, 4.69) is 34.9 Å². The maximum Gasteiger partial charge on any atom is 0.107 e. The minimum absolute atomic E-state index is 0.702. The van der Waals surface area contributed by atoms with Crippen LogP contribution in [-0.2, 0) is 0 Å². The van der Waals surface area contributed by atoms with E-state index in [0.717, 1.165) is 22.4 Å². The normalized spacial score (nSPS) is 12.0. The second kappa shape index (κ2) is 6.71. The van der Waals surface area contributed by atoms with Crippen LogP contribution >= 0.6 is 11.6 Å². The van der Waals surface area contributed by atoms with Crippen molar-refractivity contribution in [2.45, 2.75) is 19.6 Å². The lowest BCUT2D eigenvalue weighted by atomic mass is 10.3. The predicted octanol–water partition coefficient (Wildman–Crippen LogP) is 4.22. The van der Waals surface area contributed by atoms with E-state index < -0.39 is 8.07 Å². The predicted molar refractivity (Wildman–Crippen MR) is 103 cm³/mol. The Morgan fingerprint density at radius 3 is 2.29 bits per heavy atom. The van der Waals surface area contributed by atoms with Crippen LogP contribution < -0.4 is 5.32 Å². The smallest absolute Gasteiger partial charge is 0.107 e. The van der Waals surface area contributed by atoms with Crippen LogP contribution in [-0.4, -0.2) is 29.3 Å². The summed E-state index contributed by atoms with van der Waals surface area (Å²) in [5, 5.41) is 10.6. The van der Waals surface area contributed by atoms with Gasteiger partial charge in [-0.25, -0.2) is 4.68 Å². The maximum atomic E-state index is 5.93. The summed E-state index contributed by atoms with van der Waals surface area (Å²) in [7, 11) is -1.64. The fourth-order valence-corrected chi connectivity index (χ4v) is 3.77. The van der Waals surface area contributed by atoms with Gasteiger partial charge in [-0.1, -0.05) is 54.7 Å². The highest BCUT2D eigenvalue weighted by molar-refractivity contribution is 6.88. The molecule has 0 radical (unpaired) electrons. The standard InChI is InChI=1S/C18H19ClN4Si/c1-24(2,3)18-17(13-20-15-11-9-14(19)10-12-15)23(22-21-18)16-7-5-4-6-8-16/h4-13H,1-3H3. The average molecular weight is 355 g/mol. The van der Waals surface area contributed by atoms with Crippen molar-refractivity contribution in [2.24, 2.45) is 4.99 Å². The van der Waals surface area contributed by atoms with E-state index in [1.54, 1.807) is 0 Å². The van der Waals surface area contributed by atoms with Crippen LogP contribution in [0.2, 0.25) is 24.7 Å². The minimum Gasteiger partial charge on any atom is -0.255 e. The molecule has 1 heterocycles. The number of hydrogen-bond acceptors (Lipinski definition) is 3. The van der Waals surface area contributed by atoms with E-state index in [-0.39, 0.29) is 0 Å². The molecule has 3 aromatic rings. The van der Waals surface area contributed by atoms with Crippen LogP contribution in [0.5, 0.6) is 0 Å². The largest absolute Gasteiger partial charge is 0.255 e. The fraction of sp³-hybridized carbons (Fsp3) is 0.167. The highest BCUT2D eigenvalue weighted by Crippen LogP contribution is 2.17. The lowest BCUT2D eigenvalue weighted by Crippen LogP contribution is -2.41. The minimum atomic E-state index is -1.64. The van der Waals surface area contributed by atoms with Gasteiger partial charge in [-0.2, -0.15) is 0 Å². The van der Waals surface area contributed by atoms with Gasteiger partial charge in [0.25, 0.3) is 0 Å². The highest BCUT2D eigenvalue weighted by atomic mass is 35.5. The first kappa shape index (κ1) is 16.6. The SMILES string of the molecule is C[Si](C)(C)c1nnn(-c2ccccc2)c1C=Nc1ccc(Cl)cc1. The molecule has 0 aliphatic rings. The van der Waals surface area contributed by atoms with Gasteiger partial charge >= 0.3 is 0 Å². The van der Waals surface area contributed by atoms with Crippen molar-refractivity contribution < 1.29 is 0 Å². The Labute approximate surface area is 147 Å². The lowest BCUT2D eigenvalue weighted by Gasteiger charge is -2.13. The molecular formula is C18H19ClN4Si. The molecule has 3 rings (SSSR count). The molecule has 2 aromatic carbocycles. The zero-order valence-electron chi connectivity index (χ0n) is 13.9. The van der Waals surface area contributed by atoms with Crippen molar-refractivity contribution in [3.63, 3.8) is 0 Å². The Kier molecular flexibility index (Phi) is 4.64. The van der Waals surface area contributed by atoms with Crippen molar-refractivity contribution in [1.29, 1.82) is 0 Å². The van der Waals surface area contributed by atoms with Gasteiger partial charge in [0.05, 0.1) is 22.9 Å². The zero-order chi connectivity index (χ0) is 17.2. The van der Waals surface area contributed by atoms with Crippen molar-refractivity contribution in [3.05, 3.63) is 65.3 Å². The summed E-state index contributed by atoms with van der Waals surface area (Å²) in [6, 6.07) is 17.5. The van der Waals surface area contributed by atoms with E-state index >= 15 is 0 Å². The molecule has 0 atom stereocenters. The van der Waals surface area contributed by atoms with Gasteiger partial charge in [0.1, 0.15) is 13.8 Å². The van der Waals surface area contributed by atoms with Gasteiger partial charge in [0, 0.05) is 5.02 Å². The van der Waals surface area contributed by atoms with Crippen molar-refractivity contribution in [3.8, 4) is 5.69 Å². The first-order chi connectivity index (χ1) is 11.4. The Balaban J connectivity index is 2.07. The quantitative estimate of drug-likeness (QED) is 0.520. The molecule has 0 saturated carbocycles. The number of para-hydroxylation sites is 1. The molecule has 0 aliphatic carbocycles. The number of rotatable bonds is 4. The van der Waals surface area contributed by atoms with Crippen LogP contribution in [0.15, 0.2) is 59.6 Å². The molecule has 0 bridgehead atoms. The number of halogens is 1. The van der Waals surface area contributed by atoms with Gasteiger partial charge < -0.3 is 0 Å². The number of aliphatic imine (C=N–C) groups is 1. The second-order valence-electron chi connectivity index (χ2n) is 6.56. The van der Waals surface area contributed by atoms with Crippen LogP contribution in [0.3, 0.4) is 0 Å². The monoisotopic (exact) mass is 354 g/mol. The molecule has 0 N–H and O–H groups in total. The Morgan fingerprint density at radius 2 is 1.67 bits per heavy atom. The molecule has 0 unspecified atom stereocenters. The molecule has 0 fully saturated rings. The molecular weight excluding hydrogens is 336 g/mol. The molecule has 0 saturated heterocycles. The molecule has 24 heavy (non-hydrogen) atoms. The van der Waals surface area contributed by atoms with E-state index in [4.69, 9.17) is 11.6 Å². The Hall–Kier alpha value is -2.24. The maximum absolute atomic E-state index is 5.93. The van der Waals surface area contributed by atoms with Crippen molar-refractivity contribution in [2.75, 3.05) is 0 Å². The van der Waals surface area contributed by atoms with Crippen molar-refractivity contribution in [1.82, 2.24) is 15.0 Å². The fourth-order valence-electron chi connectivity index (χ4n) is 2.36. The molecule has 0 spiro atoms. The number of benzene rings is 2. The third-order valence-electron chi connectivity index (χ3n) is 3.58. The summed E-state index contributed by atoms with van der Waals surface area (Å²) in [5.41, 5.74) is 2.77. The summed E-state index contributed by atoms with van der Waals surface area (Å²) in [6.07, 6.45) is 1.85. The van der Waals surface area contributed by atoms with Crippen LogP contribution in [0, 0.1) is 0 Å². The Bertz CT molecular complexity index is 849. The van der Waals surface area contributed by atoms with Gasteiger partial charge in [-0.15, -0.1) is 5.10 Å². The topological polar surface area (TPSA) is 43.1 Å². The molecule has 0 amide bonds. The first-order valence-corrected chi connectivity index (χ1v) is 11.6. The van der Waals surface area contributed by atoms with E-state index in [9.17, 15) is 0 Å². The van der Waals surface area contributed by atoms with Gasteiger partial charge in [-0.3, -0.25) is 4.99 Å². The molecule has 0 aliphatic heterocycles. The van der Waals surface area contributed by atoms with E-state index in [1.807, 2.05) is 65.5 Å². The second-order valence-corrected chi connectivity index (χ2v) is 12.0. The van der Waals surface area contributed by atoms with Gasteiger partial charge in [0.2, 0.25) is 0 Å². The van der Waals surface area contributed by atoms with E-state index in [1.165, 1.54) is 0 Å². The molecule has 122 valence electrons. The van der Waals surface area contributed by atoms with Crippen molar-refractivity contribution >= 4 is 36.9 Å². The van der Waals surface area contributed by atoms with Gasteiger partial charge in [0.15, 0.2) is 0 Å². The molecule has 1 aromatic heterocycles. The summed E-state index contributed by atoms with van der Waals surface area (Å²) in [4.78, 5) is 4.59. The zero-order valence-corrected chi connectivity index (χ0v) is 15.7. The highest BCUT2D eigenvalue weighted by Gasteiger charge is 2.26. The third kappa shape index (κ3) is 3.63. The summed E-state index contributed by atoms with van der Waals surface area (Å²) in [6.45, 7) is 6.77. The average Bonchev–Trinajstić information content (AvgIpc) is 2.99. The Morgan fingerprint density at radius 1 is 1.00 bits per heavy atom. The number of nitrogens with zero attached hydrogens (tertiary/aromatic N) is 4. The summed E-state index contributed by atoms with van der Waals surface area (Å²) >= 11 is 5.93. The van der Waals surface area contributed by atoms with E-state index in [0.29, 0.717) is 5.02 Å². The number of aromatic nitrogens is 3. The summed E-state index contributed by atoms with van der Waals surface area (Å²) in [5.74, 6) is 0. The van der Waals surface area contributed by atoms with Crippen LogP contribution in [0.25, 0.3) is 5.69 Å². The molecule has 6 heteroatoms. The lowest BCUT2D eigenvalue weighted by molar-refractivity contribution is 0.801. The number of hydrogen-bond donors (Lipinski definition) is 0. The van der Waals surface area contributed by atoms with Crippen LogP contribution in [0.1, 0.15) is 5.69 Å². The summed E-state index contributed by atoms with van der Waals surface area (Å²) < 4.78 is 1.85. The third-order valence-corrected chi connectivity index (χ3v) is 5.61. The van der Waals surface area contributed by atoms with Crippen LogP contribution in [0.4, 0.5) is 5.69 Å². The molecule has 4 nitrogen and oxygen atoms in total. The first-order valence-electron chi connectivity index (χ1n) is 7.76. The van der Waals surface area contributed by atoms with Gasteiger partial charge in [-0.05, 0) is 36.4 Å².